The van der Waals surface area contributed by atoms with Gasteiger partial charge in [-0.25, -0.2) is 0 Å². The molecule has 0 bridgehead atoms. The number of rotatable bonds is 3. The van der Waals surface area contributed by atoms with Crippen molar-refractivity contribution in [2.24, 2.45) is 0 Å². The van der Waals surface area contributed by atoms with Gasteiger partial charge in [0.15, 0.2) is 0 Å². The molecule has 0 saturated heterocycles. The fourth-order valence-electron chi connectivity index (χ4n) is 1.89. The summed E-state index contributed by atoms with van der Waals surface area (Å²) in [5, 5.41) is 0.664. The minimum Gasteiger partial charge on any atom is -0.399 e. The van der Waals surface area contributed by atoms with Crippen LogP contribution in [0.3, 0.4) is 0 Å². The van der Waals surface area contributed by atoms with E-state index in [1.165, 1.54) is 5.56 Å². The minimum atomic E-state index is 0.664. The quantitative estimate of drug-likeness (QED) is 0.836. The van der Waals surface area contributed by atoms with Crippen molar-refractivity contribution in [3.05, 3.63) is 53.1 Å². The van der Waals surface area contributed by atoms with Gasteiger partial charge < -0.3 is 10.6 Å². The van der Waals surface area contributed by atoms with Crippen molar-refractivity contribution in [3.8, 4) is 0 Å². The number of benzene rings is 2. The molecule has 0 amide bonds. The van der Waals surface area contributed by atoms with Gasteiger partial charge in [0.05, 0.1) is 10.7 Å². The van der Waals surface area contributed by atoms with Gasteiger partial charge in [0.1, 0.15) is 0 Å². The number of hydrogen-bond acceptors (Lipinski definition) is 2. The van der Waals surface area contributed by atoms with E-state index in [0.29, 0.717) is 10.7 Å². The smallest absolute Gasteiger partial charge is 0.0663 e. The molecule has 3 heteroatoms. The first-order valence-corrected chi connectivity index (χ1v) is 6.37. The highest BCUT2D eigenvalue weighted by molar-refractivity contribution is 6.33. The number of halogens is 1. The van der Waals surface area contributed by atoms with Crippen LogP contribution in [0.25, 0.3) is 0 Å². The summed E-state index contributed by atoms with van der Waals surface area (Å²) in [6.07, 6.45) is 1.05. The lowest BCUT2D eigenvalue weighted by Crippen LogP contribution is -2.10. The van der Waals surface area contributed by atoms with Crippen molar-refractivity contribution in [1.82, 2.24) is 0 Å². The summed E-state index contributed by atoms with van der Waals surface area (Å²) in [6.45, 7) is 2.15. The molecule has 2 N–H and O–H groups in total. The molecule has 0 saturated carbocycles. The lowest BCUT2D eigenvalue weighted by molar-refractivity contribution is 1.13. The second-order valence-corrected chi connectivity index (χ2v) is 4.70. The van der Waals surface area contributed by atoms with E-state index in [0.717, 1.165) is 17.8 Å². The maximum absolute atomic E-state index is 6.21. The topological polar surface area (TPSA) is 29.3 Å². The van der Waals surface area contributed by atoms with Crippen LogP contribution in [0.2, 0.25) is 5.02 Å². The first-order chi connectivity index (χ1) is 8.61. The summed E-state index contributed by atoms with van der Waals surface area (Å²) in [4.78, 5) is 2.06. The Balaban J connectivity index is 2.31. The zero-order valence-electron chi connectivity index (χ0n) is 10.7. The van der Waals surface area contributed by atoms with Crippen molar-refractivity contribution < 1.29 is 0 Å². The highest BCUT2D eigenvalue weighted by atomic mass is 35.5. The molecule has 18 heavy (non-hydrogen) atoms. The summed E-state index contributed by atoms with van der Waals surface area (Å²) in [5.74, 6) is 0. The monoisotopic (exact) mass is 260 g/mol. The van der Waals surface area contributed by atoms with E-state index < -0.39 is 0 Å². The Morgan fingerprint density at radius 1 is 1.11 bits per heavy atom. The standard InChI is InChI=1S/C15H17ClN2/c1-3-11-4-7-13(8-5-11)18(2)15-9-6-12(17)10-14(15)16/h4-10H,3,17H2,1-2H3. The van der Waals surface area contributed by atoms with Crippen molar-refractivity contribution in [2.45, 2.75) is 13.3 Å². The van der Waals surface area contributed by atoms with Gasteiger partial charge >= 0.3 is 0 Å². The Hall–Kier alpha value is -1.67. The fourth-order valence-corrected chi connectivity index (χ4v) is 2.21. The van der Waals surface area contributed by atoms with Gasteiger partial charge in [-0.3, -0.25) is 0 Å². The number of nitrogens with two attached hydrogens (primary N) is 1. The second-order valence-electron chi connectivity index (χ2n) is 4.29. The molecule has 0 aromatic heterocycles. The summed E-state index contributed by atoms with van der Waals surface area (Å²) in [6, 6.07) is 14.0. The largest absolute Gasteiger partial charge is 0.399 e. The molecule has 2 rings (SSSR count). The van der Waals surface area contributed by atoms with E-state index in [2.05, 4.69) is 36.1 Å². The predicted molar refractivity (Wildman–Crippen MR) is 79.7 cm³/mol. The van der Waals surface area contributed by atoms with Crippen molar-refractivity contribution >= 4 is 28.7 Å². The first kappa shape index (κ1) is 12.8. The zero-order valence-corrected chi connectivity index (χ0v) is 11.4. The van der Waals surface area contributed by atoms with Gasteiger partial charge in [-0.1, -0.05) is 30.7 Å². The molecule has 0 aliphatic rings. The molecule has 2 aromatic carbocycles. The van der Waals surface area contributed by atoms with E-state index in [1.807, 2.05) is 19.2 Å². The molecule has 94 valence electrons. The Bertz CT molecular complexity index is 535. The van der Waals surface area contributed by atoms with Crippen LogP contribution in [0.4, 0.5) is 17.1 Å². The zero-order chi connectivity index (χ0) is 13.1. The molecule has 0 heterocycles. The van der Waals surface area contributed by atoms with Gasteiger partial charge in [0.25, 0.3) is 0 Å². The number of hydrogen-bond donors (Lipinski definition) is 1. The first-order valence-electron chi connectivity index (χ1n) is 5.99. The molecular weight excluding hydrogens is 244 g/mol. The van der Waals surface area contributed by atoms with E-state index in [9.17, 15) is 0 Å². The molecule has 0 atom stereocenters. The number of anilines is 3. The van der Waals surface area contributed by atoms with Crippen LogP contribution >= 0.6 is 11.6 Å². The lowest BCUT2D eigenvalue weighted by Gasteiger charge is -2.21. The van der Waals surface area contributed by atoms with Gasteiger partial charge in [-0.2, -0.15) is 0 Å². The van der Waals surface area contributed by atoms with Gasteiger partial charge in [-0.05, 0) is 42.3 Å². The van der Waals surface area contributed by atoms with E-state index in [4.69, 9.17) is 17.3 Å². The normalized spacial score (nSPS) is 10.4. The maximum Gasteiger partial charge on any atom is 0.0663 e. The third-order valence-corrected chi connectivity index (χ3v) is 3.37. The van der Waals surface area contributed by atoms with Crippen LogP contribution in [-0.4, -0.2) is 7.05 Å². The van der Waals surface area contributed by atoms with Crippen molar-refractivity contribution in [2.75, 3.05) is 17.7 Å². The Labute approximate surface area is 113 Å². The molecule has 0 aliphatic carbocycles. The molecule has 0 radical (unpaired) electrons. The third kappa shape index (κ3) is 2.59. The van der Waals surface area contributed by atoms with Crippen LogP contribution in [0.1, 0.15) is 12.5 Å². The second kappa shape index (κ2) is 5.32. The highest BCUT2D eigenvalue weighted by Crippen LogP contribution is 2.31. The molecule has 0 aliphatic heterocycles. The average Bonchev–Trinajstić information content (AvgIpc) is 2.38. The van der Waals surface area contributed by atoms with E-state index >= 15 is 0 Å². The van der Waals surface area contributed by atoms with Crippen LogP contribution < -0.4 is 10.6 Å². The fraction of sp³-hybridized carbons (Fsp3) is 0.200. The van der Waals surface area contributed by atoms with Crippen LogP contribution in [0.15, 0.2) is 42.5 Å². The van der Waals surface area contributed by atoms with Gasteiger partial charge in [0.2, 0.25) is 0 Å². The summed E-state index contributed by atoms with van der Waals surface area (Å²) in [7, 11) is 2.00. The molecule has 0 spiro atoms. The Morgan fingerprint density at radius 2 is 1.78 bits per heavy atom. The SMILES string of the molecule is CCc1ccc(N(C)c2ccc(N)cc2Cl)cc1. The van der Waals surface area contributed by atoms with Gasteiger partial charge in [0, 0.05) is 18.4 Å². The molecule has 0 unspecified atom stereocenters. The average molecular weight is 261 g/mol. The number of nitrogens with zero attached hydrogens (tertiary/aromatic N) is 1. The Kier molecular flexibility index (Phi) is 3.78. The van der Waals surface area contributed by atoms with Gasteiger partial charge in [-0.15, -0.1) is 0 Å². The molecule has 0 fully saturated rings. The van der Waals surface area contributed by atoms with E-state index in [-0.39, 0.29) is 0 Å². The third-order valence-electron chi connectivity index (χ3n) is 3.06. The predicted octanol–water partition coefficient (Wildman–Crippen LogP) is 4.25. The molecule has 2 nitrogen and oxygen atoms in total. The summed E-state index contributed by atoms with van der Waals surface area (Å²) in [5.41, 5.74) is 9.77. The van der Waals surface area contributed by atoms with Crippen LogP contribution in [-0.2, 0) is 6.42 Å². The molecule has 2 aromatic rings. The minimum absolute atomic E-state index is 0.664. The van der Waals surface area contributed by atoms with Crippen molar-refractivity contribution in [3.63, 3.8) is 0 Å². The van der Waals surface area contributed by atoms with Crippen LogP contribution in [0, 0.1) is 0 Å². The van der Waals surface area contributed by atoms with Crippen molar-refractivity contribution in [1.29, 1.82) is 0 Å². The summed E-state index contributed by atoms with van der Waals surface area (Å²) >= 11 is 6.21. The van der Waals surface area contributed by atoms with Crippen LogP contribution in [0.5, 0.6) is 0 Å². The number of nitrogen functional groups attached to an aromatic ring is 1. The highest BCUT2D eigenvalue weighted by Gasteiger charge is 2.08. The maximum atomic E-state index is 6.21. The molecular formula is C15H17ClN2. The number of aryl methyl sites for hydroxylation is 1. The van der Waals surface area contributed by atoms with E-state index in [1.54, 1.807) is 6.07 Å². The summed E-state index contributed by atoms with van der Waals surface area (Å²) < 4.78 is 0. The Morgan fingerprint density at radius 3 is 2.33 bits per heavy atom. The lowest BCUT2D eigenvalue weighted by atomic mass is 10.1.